The molecule has 1 saturated carbocycles. The molecule has 1 heterocycles. The topological polar surface area (TPSA) is 33.6 Å². The molecule has 1 aromatic heterocycles. The molecule has 2 atom stereocenters. The second kappa shape index (κ2) is 3.25. The molecular formula is C9H15N3S. The Labute approximate surface area is 83.2 Å². The summed E-state index contributed by atoms with van der Waals surface area (Å²) in [6, 6.07) is 0.631. The lowest BCUT2D eigenvalue weighted by atomic mass is 10.3. The number of nitrogens with one attached hydrogen (secondary N) is 1. The van der Waals surface area contributed by atoms with Gasteiger partial charge in [0.15, 0.2) is 4.77 Å². The molecule has 0 radical (unpaired) electrons. The summed E-state index contributed by atoms with van der Waals surface area (Å²) in [6.45, 7) is 4.35. The molecule has 0 aromatic carbocycles. The Morgan fingerprint density at radius 3 is 2.92 bits per heavy atom. The van der Waals surface area contributed by atoms with Gasteiger partial charge in [-0.3, -0.25) is 5.10 Å². The molecule has 3 nitrogen and oxygen atoms in total. The molecule has 72 valence electrons. The Hall–Kier alpha value is -0.640. The van der Waals surface area contributed by atoms with Crippen LogP contribution in [0.1, 0.15) is 38.6 Å². The summed E-state index contributed by atoms with van der Waals surface area (Å²) in [4.78, 5) is 0. The predicted molar refractivity (Wildman–Crippen MR) is 54.2 cm³/mol. The van der Waals surface area contributed by atoms with Crippen molar-refractivity contribution >= 4 is 12.2 Å². The number of nitrogens with zero attached hydrogens (tertiary/aromatic N) is 2. The molecule has 0 aliphatic heterocycles. The minimum Gasteiger partial charge on any atom is -0.301 e. The zero-order valence-corrected chi connectivity index (χ0v) is 8.90. The molecule has 2 rings (SSSR count). The van der Waals surface area contributed by atoms with E-state index in [0.29, 0.717) is 6.04 Å². The zero-order valence-electron chi connectivity index (χ0n) is 8.08. The van der Waals surface area contributed by atoms with E-state index >= 15 is 0 Å². The van der Waals surface area contributed by atoms with Crippen LogP contribution in [-0.2, 0) is 6.42 Å². The Morgan fingerprint density at radius 2 is 2.38 bits per heavy atom. The van der Waals surface area contributed by atoms with Crippen LogP contribution in [0.3, 0.4) is 0 Å². The lowest BCUT2D eigenvalue weighted by Gasteiger charge is -2.02. The van der Waals surface area contributed by atoms with Gasteiger partial charge in [0.25, 0.3) is 0 Å². The molecule has 1 aliphatic carbocycles. The Morgan fingerprint density at radius 1 is 1.62 bits per heavy atom. The number of aromatic amines is 1. The van der Waals surface area contributed by atoms with Gasteiger partial charge < -0.3 is 4.57 Å². The van der Waals surface area contributed by atoms with Gasteiger partial charge in [-0.05, 0) is 24.6 Å². The van der Waals surface area contributed by atoms with Crippen LogP contribution >= 0.6 is 12.2 Å². The smallest absolute Gasteiger partial charge is 0.195 e. The van der Waals surface area contributed by atoms with E-state index in [1.807, 2.05) is 0 Å². The quantitative estimate of drug-likeness (QED) is 0.755. The Bertz CT molecular complexity index is 352. The molecule has 1 aliphatic rings. The highest BCUT2D eigenvalue weighted by atomic mass is 32.1. The Kier molecular flexibility index (Phi) is 2.24. The highest BCUT2D eigenvalue weighted by Crippen LogP contribution is 2.46. The summed E-state index contributed by atoms with van der Waals surface area (Å²) in [7, 11) is 0. The maximum Gasteiger partial charge on any atom is 0.195 e. The van der Waals surface area contributed by atoms with Crippen molar-refractivity contribution < 1.29 is 0 Å². The monoisotopic (exact) mass is 197 g/mol. The molecule has 0 spiro atoms. The number of hydrogen-bond acceptors (Lipinski definition) is 2. The third kappa shape index (κ3) is 1.43. The van der Waals surface area contributed by atoms with Gasteiger partial charge in [-0.15, -0.1) is 0 Å². The molecule has 4 heteroatoms. The second-order valence-electron chi connectivity index (χ2n) is 3.64. The van der Waals surface area contributed by atoms with Crippen LogP contribution in [0.25, 0.3) is 0 Å². The molecule has 1 aromatic rings. The van der Waals surface area contributed by atoms with Crippen molar-refractivity contribution in [3.8, 4) is 0 Å². The number of aryl methyl sites for hydroxylation is 1. The van der Waals surface area contributed by atoms with E-state index in [4.69, 9.17) is 12.2 Å². The van der Waals surface area contributed by atoms with Gasteiger partial charge in [0.1, 0.15) is 5.82 Å². The molecular weight excluding hydrogens is 182 g/mol. The van der Waals surface area contributed by atoms with E-state index in [2.05, 4.69) is 28.6 Å². The van der Waals surface area contributed by atoms with E-state index in [-0.39, 0.29) is 0 Å². The zero-order chi connectivity index (χ0) is 9.42. The summed E-state index contributed by atoms with van der Waals surface area (Å²) >= 11 is 5.20. The van der Waals surface area contributed by atoms with Gasteiger partial charge in [0, 0.05) is 12.5 Å². The average molecular weight is 197 g/mol. The van der Waals surface area contributed by atoms with Gasteiger partial charge in [-0.2, -0.15) is 5.10 Å². The molecule has 1 N–H and O–H groups in total. The summed E-state index contributed by atoms with van der Waals surface area (Å²) in [5, 5.41) is 7.08. The van der Waals surface area contributed by atoms with Gasteiger partial charge in [0.05, 0.1) is 0 Å². The van der Waals surface area contributed by atoms with E-state index in [1.165, 1.54) is 12.8 Å². The fraction of sp³-hybridized carbons (Fsp3) is 0.778. The maximum absolute atomic E-state index is 5.20. The van der Waals surface area contributed by atoms with E-state index in [0.717, 1.165) is 22.9 Å². The first-order valence-corrected chi connectivity index (χ1v) is 5.34. The van der Waals surface area contributed by atoms with Crippen molar-refractivity contribution in [3.63, 3.8) is 0 Å². The standard InChI is InChI=1S/C9H15N3S/c1-3-6-5-7(6)12-8(4-2)10-11-9(12)13/h6-7H,3-5H2,1-2H3,(H,11,13). The minimum atomic E-state index is 0.631. The van der Waals surface area contributed by atoms with Crippen molar-refractivity contribution in [1.29, 1.82) is 0 Å². The molecule has 2 unspecified atom stereocenters. The van der Waals surface area contributed by atoms with E-state index in [9.17, 15) is 0 Å². The van der Waals surface area contributed by atoms with Gasteiger partial charge >= 0.3 is 0 Å². The second-order valence-corrected chi connectivity index (χ2v) is 4.03. The number of hydrogen-bond donors (Lipinski definition) is 1. The SMILES string of the molecule is CCc1n[nH]c(=S)n1C1CC1CC. The van der Waals surface area contributed by atoms with Crippen LogP contribution in [0.4, 0.5) is 0 Å². The molecule has 0 bridgehead atoms. The lowest BCUT2D eigenvalue weighted by Crippen LogP contribution is -2.01. The normalized spacial score (nSPS) is 26.3. The molecule has 0 amide bonds. The van der Waals surface area contributed by atoms with Crippen LogP contribution in [0, 0.1) is 10.7 Å². The van der Waals surface area contributed by atoms with Crippen LogP contribution in [0.2, 0.25) is 0 Å². The van der Waals surface area contributed by atoms with Gasteiger partial charge in [0.2, 0.25) is 0 Å². The lowest BCUT2D eigenvalue weighted by molar-refractivity contribution is 0.608. The first-order valence-electron chi connectivity index (χ1n) is 4.93. The van der Waals surface area contributed by atoms with E-state index in [1.54, 1.807) is 0 Å². The molecule has 1 fully saturated rings. The summed E-state index contributed by atoms with van der Waals surface area (Å²) in [5.74, 6) is 1.93. The minimum absolute atomic E-state index is 0.631. The van der Waals surface area contributed by atoms with E-state index < -0.39 is 0 Å². The van der Waals surface area contributed by atoms with Gasteiger partial charge in [-0.25, -0.2) is 0 Å². The predicted octanol–water partition coefficient (Wildman–Crippen LogP) is 2.47. The molecule has 0 saturated heterocycles. The fourth-order valence-corrected chi connectivity index (χ4v) is 2.20. The Balaban J connectivity index is 2.29. The van der Waals surface area contributed by atoms with Crippen LogP contribution in [0.5, 0.6) is 0 Å². The highest BCUT2D eigenvalue weighted by Gasteiger charge is 2.38. The summed E-state index contributed by atoms with van der Waals surface area (Å²) in [5.41, 5.74) is 0. The number of aromatic nitrogens is 3. The number of rotatable bonds is 3. The van der Waals surface area contributed by atoms with Crippen molar-refractivity contribution in [3.05, 3.63) is 10.6 Å². The van der Waals surface area contributed by atoms with Crippen LogP contribution in [-0.4, -0.2) is 14.8 Å². The maximum atomic E-state index is 5.20. The van der Waals surface area contributed by atoms with Crippen molar-refractivity contribution in [2.45, 2.75) is 39.2 Å². The third-order valence-electron chi connectivity index (χ3n) is 2.83. The van der Waals surface area contributed by atoms with Crippen molar-refractivity contribution in [2.24, 2.45) is 5.92 Å². The third-order valence-corrected chi connectivity index (χ3v) is 3.12. The van der Waals surface area contributed by atoms with Crippen molar-refractivity contribution in [2.75, 3.05) is 0 Å². The number of H-pyrrole nitrogens is 1. The largest absolute Gasteiger partial charge is 0.301 e. The van der Waals surface area contributed by atoms with Crippen molar-refractivity contribution in [1.82, 2.24) is 14.8 Å². The fourth-order valence-electron chi connectivity index (χ4n) is 1.92. The highest BCUT2D eigenvalue weighted by molar-refractivity contribution is 7.71. The summed E-state index contributed by atoms with van der Waals surface area (Å²) in [6.07, 6.45) is 3.48. The van der Waals surface area contributed by atoms with Gasteiger partial charge in [-0.1, -0.05) is 20.3 Å². The van der Waals surface area contributed by atoms with Crippen LogP contribution in [0.15, 0.2) is 0 Å². The first kappa shape index (κ1) is 8.94. The first-order chi connectivity index (χ1) is 6.27. The summed E-state index contributed by atoms with van der Waals surface area (Å²) < 4.78 is 2.99. The molecule has 13 heavy (non-hydrogen) atoms. The van der Waals surface area contributed by atoms with Crippen LogP contribution < -0.4 is 0 Å². The average Bonchev–Trinajstić information content (AvgIpc) is 2.82.